The Morgan fingerprint density at radius 3 is 2.66 bits per heavy atom. The fourth-order valence-electron chi connectivity index (χ4n) is 3.75. The van der Waals surface area contributed by atoms with Crippen molar-refractivity contribution in [3.05, 3.63) is 94.3 Å². The average molecular weight is 376 g/mol. The lowest BCUT2D eigenvalue weighted by atomic mass is 10.0. The average Bonchev–Trinajstić information content (AvgIpc) is 3.10. The third-order valence-corrected chi connectivity index (χ3v) is 5.20. The van der Waals surface area contributed by atoms with Crippen molar-refractivity contribution in [2.45, 2.75) is 6.92 Å². The molecule has 0 atom stereocenters. The zero-order chi connectivity index (χ0) is 20.0. The molecule has 5 heteroatoms. The van der Waals surface area contributed by atoms with E-state index in [-0.39, 0.29) is 5.56 Å². The quantitative estimate of drug-likeness (QED) is 0.486. The molecule has 0 aliphatic heterocycles. The molecule has 3 aromatic carbocycles. The van der Waals surface area contributed by atoms with Crippen molar-refractivity contribution < 1.29 is 0 Å². The first kappa shape index (κ1) is 17.0. The van der Waals surface area contributed by atoms with Crippen LogP contribution in [0.25, 0.3) is 38.9 Å². The second-order valence-corrected chi connectivity index (χ2v) is 6.97. The maximum absolute atomic E-state index is 12.8. The highest BCUT2D eigenvalue weighted by atomic mass is 16.1. The lowest BCUT2D eigenvalue weighted by Crippen LogP contribution is -2.14. The molecule has 0 radical (unpaired) electrons. The highest BCUT2D eigenvalue weighted by Crippen LogP contribution is 2.31. The smallest absolute Gasteiger partial charge is 0.274 e. The summed E-state index contributed by atoms with van der Waals surface area (Å²) >= 11 is 0. The van der Waals surface area contributed by atoms with Crippen LogP contribution < -0.4 is 5.56 Å². The van der Waals surface area contributed by atoms with E-state index in [0.29, 0.717) is 16.9 Å². The van der Waals surface area contributed by atoms with Gasteiger partial charge in [0.25, 0.3) is 5.56 Å². The molecule has 2 aromatic heterocycles. The highest BCUT2D eigenvalue weighted by Gasteiger charge is 2.16. The van der Waals surface area contributed by atoms with Gasteiger partial charge in [-0.3, -0.25) is 4.79 Å². The number of nitrogens with one attached hydrogen (secondary N) is 1. The third-order valence-electron chi connectivity index (χ3n) is 5.20. The van der Waals surface area contributed by atoms with Crippen molar-refractivity contribution >= 4 is 16.4 Å². The van der Waals surface area contributed by atoms with E-state index >= 15 is 0 Å². The molecule has 0 unspecified atom stereocenters. The summed E-state index contributed by atoms with van der Waals surface area (Å²) in [4.78, 5) is 16.1. The van der Waals surface area contributed by atoms with E-state index in [1.165, 1.54) is 10.6 Å². The van der Waals surface area contributed by atoms with Crippen molar-refractivity contribution in [1.82, 2.24) is 14.6 Å². The first-order chi connectivity index (χ1) is 14.2. The Kier molecular flexibility index (Phi) is 3.78. The molecule has 5 nitrogen and oxygen atoms in total. The maximum Gasteiger partial charge on any atom is 0.274 e. The topological polar surface area (TPSA) is 74.0 Å². The van der Waals surface area contributed by atoms with Gasteiger partial charge in [0, 0.05) is 17.2 Å². The maximum atomic E-state index is 12.8. The summed E-state index contributed by atoms with van der Waals surface area (Å²) < 4.78 is 1.41. The standard InChI is InChI=1S/C24H16N4O/c1-15-23(20-11-5-8-17-7-2-3-10-19(17)20)27-28-22(29)13-21(26-24(15)28)18-9-4-6-16(12-18)14-25/h2-13,26H,1H3. The van der Waals surface area contributed by atoms with E-state index in [4.69, 9.17) is 5.26 Å². The molecule has 2 heterocycles. The molecular weight excluding hydrogens is 360 g/mol. The molecule has 0 fully saturated rings. The van der Waals surface area contributed by atoms with Crippen LogP contribution in [0.2, 0.25) is 0 Å². The minimum Gasteiger partial charge on any atom is -0.339 e. The first-order valence-corrected chi connectivity index (χ1v) is 9.27. The van der Waals surface area contributed by atoms with Crippen LogP contribution in [0, 0.1) is 18.3 Å². The van der Waals surface area contributed by atoms with Gasteiger partial charge in [-0.2, -0.15) is 14.9 Å². The van der Waals surface area contributed by atoms with Crippen LogP contribution in [-0.4, -0.2) is 14.6 Å². The van der Waals surface area contributed by atoms with Gasteiger partial charge in [0.2, 0.25) is 0 Å². The molecule has 5 rings (SSSR count). The Morgan fingerprint density at radius 2 is 1.79 bits per heavy atom. The van der Waals surface area contributed by atoms with Gasteiger partial charge < -0.3 is 4.98 Å². The summed E-state index contributed by atoms with van der Waals surface area (Å²) in [6, 6.07) is 25.1. The van der Waals surface area contributed by atoms with E-state index in [1.807, 2.05) is 37.3 Å². The zero-order valence-corrected chi connectivity index (χ0v) is 15.7. The Labute approximate surface area is 166 Å². The van der Waals surface area contributed by atoms with Gasteiger partial charge in [-0.05, 0) is 35.4 Å². The third kappa shape index (κ3) is 2.70. The van der Waals surface area contributed by atoms with E-state index < -0.39 is 0 Å². The molecule has 5 aromatic rings. The number of nitriles is 1. The van der Waals surface area contributed by atoms with E-state index in [2.05, 4.69) is 34.4 Å². The number of nitrogens with zero attached hydrogens (tertiary/aromatic N) is 3. The summed E-state index contributed by atoms with van der Waals surface area (Å²) in [5.74, 6) is 0. The molecule has 0 saturated heterocycles. The van der Waals surface area contributed by atoms with Gasteiger partial charge in [0.05, 0.1) is 23.0 Å². The number of rotatable bonds is 2. The molecule has 138 valence electrons. The second-order valence-electron chi connectivity index (χ2n) is 6.97. The molecular formula is C24H16N4O. The normalized spacial score (nSPS) is 11.0. The van der Waals surface area contributed by atoms with Crippen LogP contribution in [0.3, 0.4) is 0 Å². The monoisotopic (exact) mass is 376 g/mol. The lowest BCUT2D eigenvalue weighted by molar-refractivity contribution is 0.905. The number of aromatic nitrogens is 3. The Hall–Kier alpha value is -4.17. The van der Waals surface area contributed by atoms with Gasteiger partial charge in [-0.15, -0.1) is 0 Å². The van der Waals surface area contributed by atoms with Crippen molar-refractivity contribution in [2.24, 2.45) is 0 Å². The molecule has 1 N–H and O–H groups in total. The predicted molar refractivity (Wildman–Crippen MR) is 114 cm³/mol. The van der Waals surface area contributed by atoms with E-state index in [0.717, 1.165) is 33.2 Å². The minimum atomic E-state index is -0.217. The van der Waals surface area contributed by atoms with Crippen molar-refractivity contribution in [3.8, 4) is 28.6 Å². The molecule has 0 aliphatic rings. The number of H-pyrrole nitrogens is 1. The second kappa shape index (κ2) is 6.47. The Morgan fingerprint density at radius 1 is 1.00 bits per heavy atom. The fourth-order valence-corrected chi connectivity index (χ4v) is 3.75. The van der Waals surface area contributed by atoms with E-state index in [9.17, 15) is 4.79 Å². The molecule has 29 heavy (non-hydrogen) atoms. The largest absolute Gasteiger partial charge is 0.339 e. The SMILES string of the molecule is Cc1c(-c2cccc3ccccc23)nn2c(=O)cc(-c3cccc(C#N)c3)[nH]c12. The first-order valence-electron chi connectivity index (χ1n) is 9.27. The molecule has 0 aliphatic carbocycles. The summed E-state index contributed by atoms with van der Waals surface area (Å²) in [5, 5.41) is 16.0. The predicted octanol–water partition coefficient (Wildman–Crippen LogP) is 4.69. The van der Waals surface area contributed by atoms with Crippen LogP contribution in [-0.2, 0) is 0 Å². The number of fused-ring (bicyclic) bond motifs is 2. The summed E-state index contributed by atoms with van der Waals surface area (Å²) in [6.07, 6.45) is 0. The molecule has 0 bridgehead atoms. The minimum absolute atomic E-state index is 0.217. The van der Waals surface area contributed by atoms with Crippen LogP contribution >= 0.6 is 0 Å². The summed E-state index contributed by atoms with van der Waals surface area (Å²) in [7, 11) is 0. The number of aromatic amines is 1. The van der Waals surface area contributed by atoms with Crippen molar-refractivity contribution in [3.63, 3.8) is 0 Å². The van der Waals surface area contributed by atoms with E-state index in [1.54, 1.807) is 18.2 Å². The van der Waals surface area contributed by atoms with Gasteiger partial charge in [-0.1, -0.05) is 54.6 Å². The molecule has 0 amide bonds. The van der Waals surface area contributed by atoms with Crippen LogP contribution in [0.5, 0.6) is 0 Å². The molecule has 0 saturated carbocycles. The Bertz CT molecular complexity index is 1500. The number of benzene rings is 3. The molecule has 0 spiro atoms. The van der Waals surface area contributed by atoms with Crippen LogP contribution in [0.4, 0.5) is 0 Å². The highest BCUT2D eigenvalue weighted by molar-refractivity contribution is 5.97. The number of hydrogen-bond acceptors (Lipinski definition) is 3. The van der Waals surface area contributed by atoms with Gasteiger partial charge >= 0.3 is 0 Å². The van der Waals surface area contributed by atoms with Gasteiger partial charge in [0.15, 0.2) is 0 Å². The number of hydrogen-bond donors (Lipinski definition) is 1. The van der Waals surface area contributed by atoms with Crippen LogP contribution in [0.15, 0.2) is 77.6 Å². The Balaban J connectivity index is 1.76. The number of aryl methyl sites for hydroxylation is 1. The van der Waals surface area contributed by atoms with Gasteiger partial charge in [-0.25, -0.2) is 0 Å². The van der Waals surface area contributed by atoms with Crippen LogP contribution in [0.1, 0.15) is 11.1 Å². The fraction of sp³-hybridized carbons (Fsp3) is 0.0417. The summed E-state index contributed by atoms with van der Waals surface area (Å²) in [5.41, 5.74) is 5.09. The summed E-state index contributed by atoms with van der Waals surface area (Å²) in [6.45, 7) is 1.96. The van der Waals surface area contributed by atoms with Crippen molar-refractivity contribution in [1.29, 1.82) is 5.26 Å². The zero-order valence-electron chi connectivity index (χ0n) is 15.7. The lowest BCUT2D eigenvalue weighted by Gasteiger charge is -2.05. The van der Waals surface area contributed by atoms with Crippen molar-refractivity contribution in [2.75, 3.05) is 0 Å². The van der Waals surface area contributed by atoms with Gasteiger partial charge in [0.1, 0.15) is 5.65 Å².